The number of hydrogen-bond acceptors (Lipinski definition) is 4. The lowest BCUT2D eigenvalue weighted by molar-refractivity contribution is 0.0827. The number of nitrogens with one attached hydrogen (secondary N) is 1. The molecule has 1 atom stereocenters. The lowest BCUT2D eigenvalue weighted by atomic mass is 9.97. The number of carbonyl (C=O) groups excluding carboxylic acids is 1. The van der Waals surface area contributed by atoms with E-state index in [2.05, 4.69) is 10.3 Å². The molecule has 0 aromatic carbocycles. The number of anilines is 1. The molecule has 0 saturated heterocycles. The van der Waals surface area contributed by atoms with Crippen LogP contribution in [0.3, 0.4) is 0 Å². The summed E-state index contributed by atoms with van der Waals surface area (Å²) in [6.45, 7) is 5.97. The lowest BCUT2D eigenvalue weighted by Crippen LogP contribution is -2.47. The molecule has 0 aliphatic heterocycles. The van der Waals surface area contributed by atoms with Crippen molar-refractivity contribution in [3.63, 3.8) is 0 Å². The van der Waals surface area contributed by atoms with Crippen LogP contribution in [0.5, 0.6) is 0 Å². The van der Waals surface area contributed by atoms with Gasteiger partial charge in [-0.1, -0.05) is 0 Å². The Morgan fingerprint density at radius 2 is 2.06 bits per heavy atom. The minimum Gasteiger partial charge on any atom is -0.364 e. The fourth-order valence-electron chi connectivity index (χ4n) is 1.30. The van der Waals surface area contributed by atoms with Gasteiger partial charge in [-0.3, -0.25) is 4.79 Å². The quantitative estimate of drug-likeness (QED) is 0.845. The fraction of sp³-hybridized carbons (Fsp3) is 0.538. The Balaban J connectivity index is 2.81. The van der Waals surface area contributed by atoms with Gasteiger partial charge in [0.2, 0.25) is 0 Å². The maximum atomic E-state index is 11.7. The van der Waals surface area contributed by atoms with Crippen LogP contribution in [0.4, 0.5) is 5.82 Å². The number of carbonyl (C=O) groups is 1. The van der Waals surface area contributed by atoms with Crippen LogP contribution in [0.1, 0.15) is 31.1 Å². The number of nitrogens with zero attached hydrogens (tertiary/aromatic N) is 2. The third-order valence-electron chi connectivity index (χ3n) is 3.01. The highest BCUT2D eigenvalue weighted by Gasteiger charge is 2.22. The molecule has 1 rings (SSSR count). The first-order valence-corrected chi connectivity index (χ1v) is 5.95. The third kappa shape index (κ3) is 3.43. The Morgan fingerprint density at radius 3 is 2.44 bits per heavy atom. The molecule has 0 saturated carbocycles. The van der Waals surface area contributed by atoms with Gasteiger partial charge in [0.25, 0.3) is 5.91 Å². The predicted octanol–water partition coefficient (Wildman–Crippen LogP) is 1.32. The first kappa shape index (κ1) is 14.4. The molecule has 5 nitrogen and oxygen atoms in total. The number of hydrogen-bond donors (Lipinski definition) is 2. The molecule has 1 aromatic rings. The lowest BCUT2D eigenvalue weighted by Gasteiger charge is -2.30. The van der Waals surface area contributed by atoms with E-state index in [4.69, 9.17) is 5.73 Å². The smallest absolute Gasteiger partial charge is 0.254 e. The van der Waals surface area contributed by atoms with Gasteiger partial charge in [-0.25, -0.2) is 4.98 Å². The fourth-order valence-corrected chi connectivity index (χ4v) is 1.30. The van der Waals surface area contributed by atoms with E-state index in [1.807, 2.05) is 20.8 Å². The molecular formula is C13H22N4O. The van der Waals surface area contributed by atoms with E-state index in [-0.39, 0.29) is 17.5 Å². The molecule has 0 aliphatic carbocycles. The summed E-state index contributed by atoms with van der Waals surface area (Å²) < 4.78 is 0. The summed E-state index contributed by atoms with van der Waals surface area (Å²) in [5.41, 5.74) is 6.21. The van der Waals surface area contributed by atoms with Crippen LogP contribution >= 0.6 is 0 Å². The monoisotopic (exact) mass is 250 g/mol. The second-order valence-corrected chi connectivity index (χ2v) is 5.27. The van der Waals surface area contributed by atoms with Crippen molar-refractivity contribution in [2.75, 3.05) is 19.4 Å². The minimum atomic E-state index is -0.250. The van der Waals surface area contributed by atoms with E-state index in [0.29, 0.717) is 11.4 Å². The van der Waals surface area contributed by atoms with E-state index in [1.54, 1.807) is 32.4 Å². The molecule has 100 valence electrons. The van der Waals surface area contributed by atoms with Crippen molar-refractivity contribution in [2.45, 2.75) is 32.4 Å². The summed E-state index contributed by atoms with van der Waals surface area (Å²) in [6, 6.07) is 3.54. The summed E-state index contributed by atoms with van der Waals surface area (Å²) in [5.74, 6) is 0.660. The highest BCUT2D eigenvalue weighted by molar-refractivity contribution is 5.93. The summed E-state index contributed by atoms with van der Waals surface area (Å²) in [6.07, 6.45) is 1.57. The molecule has 1 amide bonds. The van der Waals surface area contributed by atoms with Crippen LogP contribution in [-0.2, 0) is 0 Å². The zero-order chi connectivity index (χ0) is 13.9. The van der Waals surface area contributed by atoms with Gasteiger partial charge in [0.1, 0.15) is 5.82 Å². The van der Waals surface area contributed by atoms with Crippen molar-refractivity contribution in [1.29, 1.82) is 0 Å². The first-order valence-electron chi connectivity index (χ1n) is 5.95. The van der Waals surface area contributed by atoms with Crippen LogP contribution in [0, 0.1) is 0 Å². The third-order valence-corrected chi connectivity index (χ3v) is 3.01. The average Bonchev–Trinajstić information content (AvgIpc) is 2.28. The van der Waals surface area contributed by atoms with Crippen molar-refractivity contribution in [3.8, 4) is 0 Å². The largest absolute Gasteiger partial charge is 0.364 e. The Kier molecular flexibility index (Phi) is 4.29. The van der Waals surface area contributed by atoms with Crippen molar-refractivity contribution >= 4 is 11.7 Å². The Labute approximate surface area is 108 Å². The predicted molar refractivity (Wildman–Crippen MR) is 73.6 cm³/mol. The highest BCUT2D eigenvalue weighted by Crippen LogP contribution is 2.15. The van der Waals surface area contributed by atoms with Crippen LogP contribution in [-0.4, -0.2) is 41.5 Å². The zero-order valence-corrected chi connectivity index (χ0v) is 11.7. The van der Waals surface area contributed by atoms with Crippen molar-refractivity contribution < 1.29 is 4.79 Å². The van der Waals surface area contributed by atoms with E-state index in [9.17, 15) is 4.79 Å². The van der Waals surface area contributed by atoms with Crippen LogP contribution in [0.2, 0.25) is 0 Å². The molecular weight excluding hydrogens is 228 g/mol. The topological polar surface area (TPSA) is 71.2 Å². The Morgan fingerprint density at radius 1 is 1.44 bits per heavy atom. The van der Waals surface area contributed by atoms with Gasteiger partial charge in [-0.15, -0.1) is 0 Å². The molecule has 1 aromatic heterocycles. The molecule has 18 heavy (non-hydrogen) atoms. The Bertz CT molecular complexity index is 410. The van der Waals surface area contributed by atoms with E-state index in [1.165, 1.54) is 4.90 Å². The summed E-state index contributed by atoms with van der Waals surface area (Å²) in [5, 5.41) is 3.25. The number of pyridine rings is 1. The summed E-state index contributed by atoms with van der Waals surface area (Å²) in [4.78, 5) is 17.5. The molecule has 5 heteroatoms. The van der Waals surface area contributed by atoms with Gasteiger partial charge in [0.15, 0.2) is 0 Å². The summed E-state index contributed by atoms with van der Waals surface area (Å²) in [7, 11) is 3.43. The van der Waals surface area contributed by atoms with Gasteiger partial charge in [0, 0.05) is 31.9 Å². The highest BCUT2D eigenvalue weighted by atomic mass is 16.2. The van der Waals surface area contributed by atoms with Crippen LogP contribution in [0.25, 0.3) is 0 Å². The standard InChI is InChI=1S/C13H22N4O/c1-9(14)13(2,3)16-11-7-6-10(8-15-11)12(18)17(4)5/h6-9H,14H2,1-5H3,(H,15,16). The normalized spacial score (nSPS) is 13.0. The number of aromatic nitrogens is 1. The number of nitrogens with two attached hydrogens (primary N) is 1. The van der Waals surface area contributed by atoms with Crippen molar-refractivity contribution in [2.24, 2.45) is 5.73 Å². The molecule has 0 aliphatic rings. The zero-order valence-electron chi connectivity index (χ0n) is 11.7. The van der Waals surface area contributed by atoms with E-state index < -0.39 is 0 Å². The summed E-state index contributed by atoms with van der Waals surface area (Å²) >= 11 is 0. The van der Waals surface area contributed by atoms with E-state index in [0.717, 1.165) is 0 Å². The second-order valence-electron chi connectivity index (χ2n) is 5.27. The van der Waals surface area contributed by atoms with Gasteiger partial charge in [-0.05, 0) is 32.9 Å². The van der Waals surface area contributed by atoms with Gasteiger partial charge in [-0.2, -0.15) is 0 Å². The number of amides is 1. The first-order chi connectivity index (χ1) is 8.24. The minimum absolute atomic E-state index is 0.0117. The second kappa shape index (κ2) is 5.35. The average molecular weight is 250 g/mol. The molecule has 3 N–H and O–H groups in total. The SMILES string of the molecule is CC(N)C(C)(C)Nc1ccc(C(=O)N(C)C)cn1. The van der Waals surface area contributed by atoms with Gasteiger partial charge >= 0.3 is 0 Å². The maximum absolute atomic E-state index is 11.7. The molecule has 1 heterocycles. The van der Waals surface area contributed by atoms with Crippen molar-refractivity contribution in [1.82, 2.24) is 9.88 Å². The molecule has 0 radical (unpaired) electrons. The number of rotatable bonds is 4. The maximum Gasteiger partial charge on any atom is 0.254 e. The molecule has 1 unspecified atom stereocenters. The van der Waals surface area contributed by atoms with E-state index >= 15 is 0 Å². The molecule has 0 spiro atoms. The van der Waals surface area contributed by atoms with Crippen LogP contribution < -0.4 is 11.1 Å². The van der Waals surface area contributed by atoms with Crippen LogP contribution in [0.15, 0.2) is 18.3 Å². The van der Waals surface area contributed by atoms with Crippen molar-refractivity contribution in [3.05, 3.63) is 23.9 Å². The van der Waals surface area contributed by atoms with Gasteiger partial charge < -0.3 is 16.0 Å². The Hall–Kier alpha value is -1.62. The van der Waals surface area contributed by atoms with Gasteiger partial charge in [0.05, 0.1) is 5.56 Å². The molecule has 0 fully saturated rings. The molecule has 0 bridgehead atoms.